The summed E-state index contributed by atoms with van der Waals surface area (Å²) in [6, 6.07) is 17.4. The average Bonchev–Trinajstić information content (AvgIpc) is 3.38. The van der Waals surface area contributed by atoms with E-state index in [2.05, 4.69) is 15.3 Å². The molecule has 1 aliphatic rings. The zero-order chi connectivity index (χ0) is 20.9. The number of carbonyl (C=O) groups is 1. The summed E-state index contributed by atoms with van der Waals surface area (Å²) in [5.74, 6) is 0.653. The summed E-state index contributed by atoms with van der Waals surface area (Å²) in [6.07, 6.45) is 4.98. The predicted molar refractivity (Wildman–Crippen MR) is 123 cm³/mol. The van der Waals surface area contributed by atoms with Crippen LogP contribution in [0.25, 0.3) is 6.08 Å². The van der Waals surface area contributed by atoms with Crippen molar-refractivity contribution in [2.24, 2.45) is 4.99 Å². The molecule has 1 aromatic heterocycles. The molecule has 4 rings (SSSR count). The van der Waals surface area contributed by atoms with E-state index in [-0.39, 0.29) is 11.9 Å². The number of hydrogen-bond donors (Lipinski definition) is 0. The normalized spacial score (nSPS) is 16.1. The summed E-state index contributed by atoms with van der Waals surface area (Å²) in [4.78, 5) is 19.3. The molecule has 8 heteroatoms. The van der Waals surface area contributed by atoms with Gasteiger partial charge in [-0.1, -0.05) is 58.9 Å². The highest BCUT2D eigenvalue weighted by Crippen LogP contribution is 2.27. The fraction of sp³-hybridized carbons (Fsp3) is 0.182. The Kier molecular flexibility index (Phi) is 6.30. The fourth-order valence-electron chi connectivity index (χ4n) is 2.97. The van der Waals surface area contributed by atoms with Crippen molar-refractivity contribution in [2.75, 3.05) is 10.7 Å². The summed E-state index contributed by atoms with van der Waals surface area (Å²) in [7, 11) is 0. The number of hydrogen-bond acceptors (Lipinski definition) is 5. The van der Waals surface area contributed by atoms with Crippen molar-refractivity contribution >= 4 is 46.2 Å². The third-order valence-corrected chi connectivity index (χ3v) is 5.87. The van der Waals surface area contributed by atoms with Crippen LogP contribution in [-0.2, 0) is 11.3 Å². The van der Waals surface area contributed by atoms with Crippen molar-refractivity contribution in [3.8, 4) is 0 Å². The molecule has 0 fully saturated rings. The molecule has 0 N–H and O–H groups in total. The quantitative estimate of drug-likeness (QED) is 0.550. The van der Waals surface area contributed by atoms with E-state index in [1.165, 1.54) is 6.08 Å². The fourth-order valence-corrected chi connectivity index (χ4v) is 4.14. The monoisotopic (exact) mass is 437 g/mol. The van der Waals surface area contributed by atoms with E-state index in [4.69, 9.17) is 11.6 Å². The minimum absolute atomic E-state index is 0.175. The number of amidine groups is 1. The number of anilines is 1. The smallest absolute Gasteiger partial charge is 0.257 e. The van der Waals surface area contributed by atoms with E-state index in [9.17, 15) is 4.79 Å². The summed E-state index contributed by atoms with van der Waals surface area (Å²) in [5.41, 5.74) is 2.47. The molecule has 152 valence electrons. The minimum Gasteiger partial charge on any atom is -0.269 e. The Morgan fingerprint density at radius 1 is 1.23 bits per heavy atom. The van der Waals surface area contributed by atoms with E-state index in [0.29, 0.717) is 22.4 Å². The Balaban J connectivity index is 1.52. The van der Waals surface area contributed by atoms with E-state index in [1.54, 1.807) is 39.6 Å². The molecule has 0 bridgehead atoms. The van der Waals surface area contributed by atoms with E-state index < -0.39 is 0 Å². The van der Waals surface area contributed by atoms with Crippen LogP contribution in [0.1, 0.15) is 18.2 Å². The highest BCUT2D eigenvalue weighted by Gasteiger charge is 2.25. The van der Waals surface area contributed by atoms with Crippen molar-refractivity contribution in [3.05, 3.63) is 83.2 Å². The molecule has 6 nitrogen and oxygen atoms in total. The van der Waals surface area contributed by atoms with Crippen LogP contribution in [0.4, 0.5) is 5.69 Å². The summed E-state index contributed by atoms with van der Waals surface area (Å²) < 4.78 is 1.75. The molecule has 1 aliphatic heterocycles. The third kappa shape index (κ3) is 4.98. The van der Waals surface area contributed by atoms with Gasteiger partial charge in [0.05, 0.1) is 24.5 Å². The molecule has 2 heterocycles. The molecule has 3 aromatic rings. The van der Waals surface area contributed by atoms with Gasteiger partial charge in [0.25, 0.3) is 5.91 Å². The lowest BCUT2D eigenvalue weighted by Gasteiger charge is -2.20. The first-order valence-electron chi connectivity index (χ1n) is 9.51. The van der Waals surface area contributed by atoms with Crippen molar-refractivity contribution in [1.82, 2.24) is 15.0 Å². The number of rotatable bonds is 5. The first-order valence-corrected chi connectivity index (χ1v) is 10.9. The zero-order valence-electron chi connectivity index (χ0n) is 16.4. The molecule has 0 saturated heterocycles. The van der Waals surface area contributed by atoms with Gasteiger partial charge in [0.15, 0.2) is 5.17 Å². The Morgan fingerprint density at radius 3 is 2.70 bits per heavy atom. The van der Waals surface area contributed by atoms with Crippen LogP contribution < -0.4 is 4.90 Å². The molecule has 1 atom stereocenters. The van der Waals surface area contributed by atoms with Gasteiger partial charge < -0.3 is 0 Å². The van der Waals surface area contributed by atoms with Crippen molar-refractivity contribution < 1.29 is 4.79 Å². The highest BCUT2D eigenvalue weighted by atomic mass is 35.5. The lowest BCUT2D eigenvalue weighted by molar-refractivity contribution is -0.113. The molecule has 2 aromatic carbocycles. The van der Waals surface area contributed by atoms with Crippen molar-refractivity contribution in [3.63, 3.8) is 0 Å². The van der Waals surface area contributed by atoms with Crippen LogP contribution in [0.2, 0.25) is 5.02 Å². The summed E-state index contributed by atoms with van der Waals surface area (Å²) >= 11 is 7.58. The standard InChI is InChI=1S/C22H20ClN5OS/c1-16-15-30-22(24-16)28(20-10-7-18(23)8-11-20)21(29)12-9-19-14-27(26-25-19)13-17-5-3-2-4-6-17/h2-12,14,16H,13,15H2,1H3/b12-9+. The van der Waals surface area contributed by atoms with Crippen LogP contribution in [0, 0.1) is 0 Å². The van der Waals surface area contributed by atoms with Crippen LogP contribution in [0.15, 0.2) is 71.9 Å². The van der Waals surface area contributed by atoms with Gasteiger partial charge in [-0.15, -0.1) is 5.10 Å². The van der Waals surface area contributed by atoms with E-state index >= 15 is 0 Å². The highest BCUT2D eigenvalue weighted by molar-refractivity contribution is 8.14. The number of nitrogens with zero attached hydrogens (tertiary/aromatic N) is 5. The van der Waals surface area contributed by atoms with Gasteiger partial charge in [0, 0.05) is 16.9 Å². The lowest BCUT2D eigenvalue weighted by Crippen LogP contribution is -2.33. The number of benzene rings is 2. The largest absolute Gasteiger partial charge is 0.269 e. The molecular weight excluding hydrogens is 418 g/mol. The second-order valence-electron chi connectivity index (χ2n) is 6.88. The SMILES string of the molecule is CC1CSC(N(C(=O)/C=C/c2cn(Cc3ccccc3)nn2)c2ccc(Cl)cc2)=N1. The van der Waals surface area contributed by atoms with Crippen LogP contribution >= 0.6 is 23.4 Å². The third-order valence-electron chi connectivity index (χ3n) is 4.42. The first kappa shape index (κ1) is 20.4. The molecule has 1 amide bonds. The number of halogens is 1. The molecule has 0 aliphatic carbocycles. The van der Waals surface area contributed by atoms with Gasteiger partial charge in [-0.3, -0.25) is 14.7 Å². The maximum absolute atomic E-state index is 13.1. The second kappa shape index (κ2) is 9.28. The van der Waals surface area contributed by atoms with Gasteiger partial charge >= 0.3 is 0 Å². The van der Waals surface area contributed by atoms with Gasteiger partial charge in [0.1, 0.15) is 5.69 Å². The zero-order valence-corrected chi connectivity index (χ0v) is 17.9. The summed E-state index contributed by atoms with van der Waals surface area (Å²) in [6.45, 7) is 2.66. The predicted octanol–water partition coefficient (Wildman–Crippen LogP) is 4.52. The molecule has 30 heavy (non-hydrogen) atoms. The van der Waals surface area contributed by atoms with Crippen molar-refractivity contribution in [2.45, 2.75) is 19.5 Å². The van der Waals surface area contributed by atoms with Gasteiger partial charge in [0.2, 0.25) is 0 Å². The van der Waals surface area contributed by atoms with Crippen LogP contribution in [-0.4, -0.2) is 37.9 Å². The Bertz CT molecular complexity index is 1080. The van der Waals surface area contributed by atoms with Gasteiger partial charge in [-0.25, -0.2) is 4.68 Å². The number of aromatic nitrogens is 3. The van der Waals surface area contributed by atoms with Crippen molar-refractivity contribution in [1.29, 1.82) is 0 Å². The number of thioether (sulfide) groups is 1. The molecule has 0 radical (unpaired) electrons. The Hall–Kier alpha value is -2.90. The van der Waals surface area contributed by atoms with Gasteiger partial charge in [-0.05, 0) is 42.8 Å². The van der Waals surface area contributed by atoms with Crippen LogP contribution in [0.3, 0.4) is 0 Å². The van der Waals surface area contributed by atoms with E-state index in [0.717, 1.165) is 17.0 Å². The topological polar surface area (TPSA) is 63.4 Å². The molecule has 0 spiro atoms. The average molecular weight is 438 g/mol. The lowest BCUT2D eigenvalue weighted by atomic mass is 10.2. The Labute approximate surface area is 184 Å². The first-order chi connectivity index (χ1) is 14.6. The number of aliphatic imine (C=N–C) groups is 1. The summed E-state index contributed by atoms with van der Waals surface area (Å²) in [5, 5.41) is 9.58. The molecular formula is C22H20ClN5OS. The Morgan fingerprint density at radius 2 is 2.00 bits per heavy atom. The maximum atomic E-state index is 13.1. The van der Waals surface area contributed by atoms with Gasteiger partial charge in [-0.2, -0.15) is 0 Å². The number of carbonyl (C=O) groups excluding carboxylic acids is 1. The molecule has 1 unspecified atom stereocenters. The molecule has 0 saturated carbocycles. The second-order valence-corrected chi connectivity index (χ2v) is 8.31. The van der Waals surface area contributed by atoms with Crippen LogP contribution in [0.5, 0.6) is 0 Å². The maximum Gasteiger partial charge on any atom is 0.257 e. The number of amides is 1. The van der Waals surface area contributed by atoms with E-state index in [1.807, 2.05) is 55.6 Å². The minimum atomic E-state index is -0.199.